The SMILES string of the molecule is C=C/C=C\C1=C(C)C(=C)/C(=C\C=C/C)C1(c1ccc(C)cc1)c1ccc(C)cc1. The van der Waals surface area contributed by atoms with Crippen LogP contribution in [0.15, 0.2) is 120 Å². The Morgan fingerprint density at radius 2 is 1.31 bits per heavy atom. The van der Waals surface area contributed by atoms with E-state index in [1.807, 2.05) is 19.1 Å². The van der Waals surface area contributed by atoms with Gasteiger partial charge in [-0.25, -0.2) is 0 Å². The molecule has 0 heteroatoms. The van der Waals surface area contributed by atoms with Gasteiger partial charge >= 0.3 is 0 Å². The first-order valence-corrected chi connectivity index (χ1v) is 10.1. The van der Waals surface area contributed by atoms with Gasteiger partial charge in [-0.15, -0.1) is 0 Å². The van der Waals surface area contributed by atoms with E-state index in [1.54, 1.807) is 0 Å². The van der Waals surface area contributed by atoms with Crippen molar-refractivity contribution in [1.29, 1.82) is 0 Å². The van der Waals surface area contributed by atoms with Crippen molar-refractivity contribution in [1.82, 2.24) is 0 Å². The number of allylic oxidation sites excluding steroid dienone is 10. The predicted octanol–water partition coefficient (Wildman–Crippen LogP) is 7.72. The Bertz CT molecular complexity index is 987. The Hall–Kier alpha value is -3.12. The maximum atomic E-state index is 4.49. The average Bonchev–Trinajstić information content (AvgIpc) is 2.93. The fraction of sp³-hybridized carbons (Fsp3) is 0.172. The van der Waals surface area contributed by atoms with Gasteiger partial charge in [0.2, 0.25) is 0 Å². The van der Waals surface area contributed by atoms with Gasteiger partial charge in [0.15, 0.2) is 0 Å². The van der Waals surface area contributed by atoms with Crippen molar-refractivity contribution in [3.63, 3.8) is 0 Å². The highest BCUT2D eigenvalue weighted by molar-refractivity contribution is 5.75. The van der Waals surface area contributed by atoms with Crippen LogP contribution in [0.1, 0.15) is 36.1 Å². The molecule has 2 aromatic rings. The Labute approximate surface area is 176 Å². The summed E-state index contributed by atoms with van der Waals surface area (Å²) in [6, 6.07) is 17.8. The van der Waals surface area contributed by atoms with Gasteiger partial charge in [-0.3, -0.25) is 0 Å². The fourth-order valence-electron chi connectivity index (χ4n) is 4.25. The van der Waals surface area contributed by atoms with Crippen LogP contribution in [0, 0.1) is 13.8 Å². The number of hydrogen-bond acceptors (Lipinski definition) is 0. The zero-order valence-corrected chi connectivity index (χ0v) is 18.0. The van der Waals surface area contributed by atoms with Crippen molar-refractivity contribution in [2.75, 3.05) is 0 Å². The van der Waals surface area contributed by atoms with E-state index >= 15 is 0 Å². The third-order valence-electron chi connectivity index (χ3n) is 5.81. The van der Waals surface area contributed by atoms with Gasteiger partial charge in [0, 0.05) is 0 Å². The molecular formula is C29H30. The van der Waals surface area contributed by atoms with Crippen LogP contribution in [0.25, 0.3) is 0 Å². The molecule has 0 bridgehead atoms. The first-order chi connectivity index (χ1) is 14.0. The van der Waals surface area contributed by atoms with Crippen LogP contribution >= 0.6 is 0 Å². The van der Waals surface area contributed by atoms with Crippen LogP contribution < -0.4 is 0 Å². The second-order valence-corrected chi connectivity index (χ2v) is 7.70. The largest absolute Gasteiger partial charge is 0.0991 e. The summed E-state index contributed by atoms with van der Waals surface area (Å²) < 4.78 is 0. The lowest BCUT2D eigenvalue weighted by atomic mass is 9.66. The van der Waals surface area contributed by atoms with E-state index in [9.17, 15) is 0 Å². The molecule has 0 amide bonds. The van der Waals surface area contributed by atoms with Crippen LogP contribution in [0.2, 0.25) is 0 Å². The summed E-state index contributed by atoms with van der Waals surface area (Å²) in [5.41, 5.74) is 9.42. The van der Waals surface area contributed by atoms with Gasteiger partial charge in [0.1, 0.15) is 0 Å². The minimum Gasteiger partial charge on any atom is -0.0991 e. The Balaban J connectivity index is 2.47. The maximum absolute atomic E-state index is 4.49. The van der Waals surface area contributed by atoms with Crippen molar-refractivity contribution < 1.29 is 0 Å². The highest BCUT2D eigenvalue weighted by atomic mass is 14.5. The first-order valence-electron chi connectivity index (χ1n) is 10.1. The smallest absolute Gasteiger partial charge is 0.0710 e. The average molecular weight is 379 g/mol. The molecule has 1 aliphatic carbocycles. The molecule has 3 rings (SSSR count). The molecule has 0 unspecified atom stereocenters. The molecule has 0 nitrogen and oxygen atoms in total. The quantitative estimate of drug-likeness (QED) is 0.467. The van der Waals surface area contributed by atoms with Gasteiger partial charge in [0.25, 0.3) is 0 Å². The molecule has 0 saturated heterocycles. The van der Waals surface area contributed by atoms with Gasteiger partial charge in [-0.2, -0.15) is 0 Å². The molecule has 0 N–H and O–H groups in total. The van der Waals surface area contributed by atoms with Crippen molar-refractivity contribution in [3.05, 3.63) is 143 Å². The highest BCUT2D eigenvalue weighted by Gasteiger charge is 2.47. The third-order valence-corrected chi connectivity index (χ3v) is 5.81. The van der Waals surface area contributed by atoms with Gasteiger partial charge in [-0.05, 0) is 61.1 Å². The van der Waals surface area contributed by atoms with Crippen LogP contribution in [-0.4, -0.2) is 0 Å². The summed E-state index contributed by atoms with van der Waals surface area (Å²) in [6.45, 7) is 16.9. The zero-order valence-electron chi connectivity index (χ0n) is 18.0. The molecule has 0 atom stereocenters. The Morgan fingerprint density at radius 1 is 0.793 bits per heavy atom. The summed E-state index contributed by atoms with van der Waals surface area (Å²) in [5.74, 6) is 0. The van der Waals surface area contributed by atoms with E-state index in [0.29, 0.717) is 0 Å². The summed E-state index contributed by atoms with van der Waals surface area (Å²) in [6.07, 6.45) is 12.5. The Morgan fingerprint density at radius 3 is 1.76 bits per heavy atom. The van der Waals surface area contributed by atoms with Crippen LogP contribution in [0.3, 0.4) is 0 Å². The molecule has 0 aromatic heterocycles. The van der Waals surface area contributed by atoms with Crippen LogP contribution in [0.4, 0.5) is 0 Å². The molecule has 1 aliphatic rings. The fourth-order valence-corrected chi connectivity index (χ4v) is 4.25. The topological polar surface area (TPSA) is 0 Å². The predicted molar refractivity (Wildman–Crippen MR) is 127 cm³/mol. The molecule has 0 spiro atoms. The number of rotatable bonds is 5. The molecule has 0 saturated carbocycles. The molecule has 29 heavy (non-hydrogen) atoms. The van der Waals surface area contributed by atoms with Gasteiger partial charge in [0.05, 0.1) is 5.41 Å². The third kappa shape index (κ3) is 3.51. The first kappa shape index (κ1) is 20.6. The lowest BCUT2D eigenvalue weighted by Gasteiger charge is -2.35. The molecule has 0 heterocycles. The maximum Gasteiger partial charge on any atom is 0.0710 e. The van der Waals surface area contributed by atoms with Crippen molar-refractivity contribution in [3.8, 4) is 0 Å². The molecule has 0 fully saturated rings. The number of hydrogen-bond donors (Lipinski definition) is 0. The lowest BCUT2D eigenvalue weighted by molar-refractivity contribution is 0.757. The van der Waals surface area contributed by atoms with E-state index < -0.39 is 5.41 Å². The van der Waals surface area contributed by atoms with E-state index in [4.69, 9.17) is 0 Å². The molecule has 0 radical (unpaired) electrons. The normalized spacial score (nSPS) is 17.8. The zero-order chi connectivity index (χ0) is 21.0. The molecule has 0 aliphatic heterocycles. The number of benzene rings is 2. The van der Waals surface area contributed by atoms with Gasteiger partial charge in [-0.1, -0.05) is 109 Å². The summed E-state index contributed by atoms with van der Waals surface area (Å²) in [5, 5.41) is 0. The monoisotopic (exact) mass is 378 g/mol. The van der Waals surface area contributed by atoms with Crippen LogP contribution in [0.5, 0.6) is 0 Å². The minimum atomic E-state index is -0.401. The van der Waals surface area contributed by atoms with Crippen molar-refractivity contribution in [2.24, 2.45) is 0 Å². The van der Waals surface area contributed by atoms with Crippen molar-refractivity contribution in [2.45, 2.75) is 33.1 Å². The molecule has 146 valence electrons. The second kappa shape index (κ2) is 8.49. The summed E-state index contributed by atoms with van der Waals surface area (Å²) in [4.78, 5) is 0. The van der Waals surface area contributed by atoms with Gasteiger partial charge < -0.3 is 0 Å². The second-order valence-electron chi connectivity index (χ2n) is 7.70. The molecule has 2 aromatic carbocycles. The van der Waals surface area contributed by atoms with E-state index in [-0.39, 0.29) is 0 Å². The standard InChI is InChI=1S/C29H30/c1-7-9-11-27-23(5)24(6)28(12-10-8-2)29(27,25-17-13-21(3)14-18-25)26-19-15-22(4)16-20-26/h7-20H,1,6H2,2-5H3/b10-8-,11-9-,28-12+. The van der Waals surface area contributed by atoms with E-state index in [2.05, 4.69) is 107 Å². The minimum absolute atomic E-state index is 0.401. The Kier molecular flexibility index (Phi) is 6.03. The molecular weight excluding hydrogens is 348 g/mol. The van der Waals surface area contributed by atoms with E-state index in [0.717, 1.165) is 5.57 Å². The van der Waals surface area contributed by atoms with Crippen LogP contribution in [-0.2, 0) is 5.41 Å². The number of aryl methyl sites for hydroxylation is 2. The van der Waals surface area contributed by atoms with Crippen molar-refractivity contribution >= 4 is 0 Å². The summed E-state index contributed by atoms with van der Waals surface area (Å²) >= 11 is 0. The highest BCUT2D eigenvalue weighted by Crippen LogP contribution is 2.55. The summed E-state index contributed by atoms with van der Waals surface area (Å²) in [7, 11) is 0. The van der Waals surface area contributed by atoms with E-state index in [1.165, 1.54) is 39.0 Å². The lowest BCUT2D eigenvalue weighted by Crippen LogP contribution is -2.29.